The largest absolute Gasteiger partial charge is 0.369 e. The fourth-order valence-corrected chi connectivity index (χ4v) is 1.72. The fraction of sp³-hybridized carbons (Fsp3) is 0.667. The molecule has 2 rings (SSSR count). The molecule has 2 unspecified atom stereocenters. The Hall–Kier alpha value is -0.290. The molecule has 2 heterocycles. The summed E-state index contributed by atoms with van der Waals surface area (Å²) in [7, 11) is 1.97. The number of hydrogen-bond acceptors (Lipinski definition) is 3. The Bertz CT molecular complexity index is 293. The minimum absolute atomic E-state index is 0. The molecule has 0 amide bonds. The molecular weight excluding hydrogens is 237 g/mol. The Morgan fingerprint density at radius 2 is 2.27 bits per heavy atom. The van der Waals surface area contributed by atoms with Crippen LogP contribution in [0, 0.1) is 0 Å². The van der Waals surface area contributed by atoms with Gasteiger partial charge >= 0.3 is 0 Å². The molecule has 4 nitrogen and oxygen atoms in total. The van der Waals surface area contributed by atoms with Crippen molar-refractivity contribution >= 4 is 24.8 Å². The van der Waals surface area contributed by atoms with E-state index in [1.165, 1.54) is 0 Å². The van der Waals surface area contributed by atoms with Gasteiger partial charge in [-0.1, -0.05) is 0 Å². The summed E-state index contributed by atoms with van der Waals surface area (Å²) in [6.07, 6.45) is 5.76. The lowest BCUT2D eigenvalue weighted by atomic mass is 10.0. The lowest BCUT2D eigenvalue weighted by molar-refractivity contribution is -0.00670. The number of halogens is 2. The van der Waals surface area contributed by atoms with Crippen LogP contribution >= 0.6 is 24.8 Å². The third kappa shape index (κ3) is 3.08. The second-order valence-electron chi connectivity index (χ2n) is 3.49. The molecule has 2 atom stereocenters. The van der Waals surface area contributed by atoms with Gasteiger partial charge in [-0.3, -0.25) is 0 Å². The molecule has 15 heavy (non-hydrogen) atoms. The van der Waals surface area contributed by atoms with Crippen molar-refractivity contribution in [3.63, 3.8) is 0 Å². The van der Waals surface area contributed by atoms with Crippen LogP contribution in [0.15, 0.2) is 12.4 Å². The first-order valence-corrected chi connectivity index (χ1v) is 4.63. The van der Waals surface area contributed by atoms with Gasteiger partial charge < -0.3 is 15.0 Å². The van der Waals surface area contributed by atoms with Crippen LogP contribution in [0.25, 0.3) is 0 Å². The molecule has 0 aromatic carbocycles. The van der Waals surface area contributed by atoms with E-state index in [-0.39, 0.29) is 37.0 Å². The molecule has 1 aromatic rings. The van der Waals surface area contributed by atoms with Gasteiger partial charge in [0.15, 0.2) is 0 Å². The van der Waals surface area contributed by atoms with Crippen molar-refractivity contribution in [3.05, 3.63) is 18.2 Å². The molecule has 1 aromatic heterocycles. The summed E-state index contributed by atoms with van der Waals surface area (Å²) in [5.41, 5.74) is 5.96. The quantitative estimate of drug-likeness (QED) is 0.825. The predicted molar refractivity (Wildman–Crippen MR) is 63.6 cm³/mol. The average molecular weight is 254 g/mol. The van der Waals surface area contributed by atoms with Crippen LogP contribution in [-0.4, -0.2) is 22.2 Å². The maximum atomic E-state index is 5.96. The highest BCUT2D eigenvalue weighted by Gasteiger charge is 2.26. The molecule has 0 radical (unpaired) electrons. The number of nitrogens with zero attached hydrogens (tertiary/aromatic N) is 2. The van der Waals surface area contributed by atoms with Crippen LogP contribution in [0.2, 0.25) is 0 Å². The summed E-state index contributed by atoms with van der Waals surface area (Å²) in [5, 5.41) is 0. The molecule has 0 spiro atoms. The van der Waals surface area contributed by atoms with Gasteiger partial charge in [-0.25, -0.2) is 4.98 Å². The molecular formula is C9H17Cl2N3O. The number of nitrogens with two attached hydrogens (primary N) is 1. The van der Waals surface area contributed by atoms with E-state index in [0.29, 0.717) is 0 Å². The highest BCUT2D eigenvalue weighted by atomic mass is 35.5. The van der Waals surface area contributed by atoms with Gasteiger partial charge in [-0.05, 0) is 12.8 Å². The molecule has 0 saturated carbocycles. The van der Waals surface area contributed by atoms with E-state index in [2.05, 4.69) is 4.98 Å². The van der Waals surface area contributed by atoms with E-state index < -0.39 is 0 Å². The molecule has 0 bridgehead atoms. The van der Waals surface area contributed by atoms with Crippen LogP contribution in [0.4, 0.5) is 0 Å². The normalized spacial score (nSPS) is 25.2. The minimum atomic E-state index is -0.0197. The Morgan fingerprint density at radius 3 is 2.80 bits per heavy atom. The van der Waals surface area contributed by atoms with Gasteiger partial charge in [-0.15, -0.1) is 24.8 Å². The molecule has 1 fully saturated rings. The first kappa shape index (κ1) is 14.7. The lowest BCUT2D eigenvalue weighted by Gasteiger charge is -2.28. The van der Waals surface area contributed by atoms with Gasteiger partial charge in [0.1, 0.15) is 11.9 Å². The number of imidazole rings is 1. The van der Waals surface area contributed by atoms with E-state index in [1.807, 2.05) is 17.8 Å². The van der Waals surface area contributed by atoms with E-state index in [0.717, 1.165) is 25.3 Å². The zero-order chi connectivity index (χ0) is 9.26. The maximum Gasteiger partial charge on any atom is 0.139 e. The monoisotopic (exact) mass is 253 g/mol. The molecule has 2 N–H and O–H groups in total. The first-order valence-electron chi connectivity index (χ1n) is 4.63. The SMILES string of the molecule is Cl.Cl.Cn1ccnc1C1OCCCC1N. The molecule has 1 aliphatic heterocycles. The minimum Gasteiger partial charge on any atom is -0.369 e. The van der Waals surface area contributed by atoms with E-state index in [1.54, 1.807) is 6.20 Å². The Balaban J connectivity index is 0.000000980. The average Bonchev–Trinajstić information content (AvgIpc) is 2.52. The van der Waals surface area contributed by atoms with Gasteiger partial charge in [0.05, 0.1) is 0 Å². The van der Waals surface area contributed by atoms with Crippen molar-refractivity contribution in [1.29, 1.82) is 0 Å². The first-order chi connectivity index (χ1) is 6.29. The Labute approximate surface area is 102 Å². The highest BCUT2D eigenvalue weighted by molar-refractivity contribution is 5.85. The zero-order valence-corrected chi connectivity index (χ0v) is 10.3. The molecule has 88 valence electrons. The van der Waals surface area contributed by atoms with E-state index >= 15 is 0 Å². The van der Waals surface area contributed by atoms with E-state index in [4.69, 9.17) is 10.5 Å². The number of rotatable bonds is 1. The fourth-order valence-electron chi connectivity index (χ4n) is 1.72. The Kier molecular flexibility index (Phi) is 6.20. The van der Waals surface area contributed by atoms with E-state index in [9.17, 15) is 0 Å². The summed E-state index contributed by atoms with van der Waals surface area (Å²) in [6, 6.07) is 0.0925. The molecule has 1 saturated heterocycles. The smallest absolute Gasteiger partial charge is 0.139 e. The molecule has 1 aliphatic rings. The van der Waals surface area contributed by atoms with Gasteiger partial charge in [0.25, 0.3) is 0 Å². The third-order valence-corrected chi connectivity index (χ3v) is 2.48. The number of hydrogen-bond donors (Lipinski definition) is 1. The second kappa shape index (κ2) is 6.33. The van der Waals surface area contributed by atoms with Crippen molar-refractivity contribution in [2.75, 3.05) is 6.61 Å². The Morgan fingerprint density at radius 1 is 1.53 bits per heavy atom. The van der Waals surface area contributed by atoms with Gasteiger partial charge in [-0.2, -0.15) is 0 Å². The highest BCUT2D eigenvalue weighted by Crippen LogP contribution is 2.25. The van der Waals surface area contributed by atoms with Crippen molar-refractivity contribution in [3.8, 4) is 0 Å². The van der Waals surface area contributed by atoms with Gasteiger partial charge in [0, 0.05) is 32.1 Å². The maximum absolute atomic E-state index is 5.96. The van der Waals surface area contributed by atoms with Crippen LogP contribution in [-0.2, 0) is 11.8 Å². The number of aromatic nitrogens is 2. The van der Waals surface area contributed by atoms with Crippen LogP contribution in [0.1, 0.15) is 24.8 Å². The van der Waals surface area contributed by atoms with Crippen molar-refractivity contribution in [2.24, 2.45) is 12.8 Å². The van der Waals surface area contributed by atoms with Crippen LogP contribution in [0.5, 0.6) is 0 Å². The zero-order valence-electron chi connectivity index (χ0n) is 8.63. The molecule has 0 aliphatic carbocycles. The summed E-state index contributed by atoms with van der Waals surface area (Å²) >= 11 is 0. The van der Waals surface area contributed by atoms with Crippen LogP contribution in [0.3, 0.4) is 0 Å². The summed E-state index contributed by atoms with van der Waals surface area (Å²) in [4.78, 5) is 4.25. The van der Waals surface area contributed by atoms with Gasteiger partial charge in [0.2, 0.25) is 0 Å². The van der Waals surface area contributed by atoms with Crippen molar-refractivity contribution < 1.29 is 4.74 Å². The van der Waals surface area contributed by atoms with Crippen LogP contribution < -0.4 is 5.73 Å². The molecule has 6 heteroatoms. The third-order valence-electron chi connectivity index (χ3n) is 2.48. The van der Waals surface area contributed by atoms with Crippen molar-refractivity contribution in [2.45, 2.75) is 25.0 Å². The summed E-state index contributed by atoms with van der Waals surface area (Å²) < 4.78 is 7.58. The summed E-state index contributed by atoms with van der Waals surface area (Å²) in [6.45, 7) is 0.797. The second-order valence-corrected chi connectivity index (χ2v) is 3.49. The van der Waals surface area contributed by atoms with Crippen molar-refractivity contribution in [1.82, 2.24) is 9.55 Å². The standard InChI is InChI=1S/C9H15N3O.2ClH/c1-12-5-4-11-9(12)8-7(10)3-2-6-13-8;;/h4-5,7-8H,2-3,6,10H2,1H3;2*1H. The topological polar surface area (TPSA) is 53.1 Å². The number of ether oxygens (including phenoxy) is 1. The lowest BCUT2D eigenvalue weighted by Crippen LogP contribution is -2.35. The number of aryl methyl sites for hydroxylation is 1. The predicted octanol–water partition coefficient (Wildman–Crippen LogP) is 1.44. The summed E-state index contributed by atoms with van der Waals surface area (Å²) in [5.74, 6) is 0.937.